The SMILES string of the molecule is CCC1CNC(C)(C2CC2)CN1CCCCC(F)(F)F. The van der Waals surface area contributed by atoms with E-state index in [4.69, 9.17) is 0 Å². The molecule has 0 radical (unpaired) electrons. The summed E-state index contributed by atoms with van der Waals surface area (Å²) >= 11 is 0. The molecule has 118 valence electrons. The van der Waals surface area contributed by atoms with Gasteiger partial charge in [-0.05, 0) is 51.5 Å². The van der Waals surface area contributed by atoms with E-state index in [1.807, 2.05) is 0 Å². The van der Waals surface area contributed by atoms with Gasteiger partial charge >= 0.3 is 6.18 Å². The van der Waals surface area contributed by atoms with E-state index in [1.54, 1.807) is 0 Å². The second-order valence-electron chi connectivity index (χ2n) is 6.68. The fraction of sp³-hybridized carbons (Fsp3) is 1.00. The first-order valence-corrected chi connectivity index (χ1v) is 7.90. The van der Waals surface area contributed by atoms with Gasteiger partial charge in [0.25, 0.3) is 0 Å². The number of halogens is 3. The van der Waals surface area contributed by atoms with Crippen LogP contribution in [0.2, 0.25) is 0 Å². The fourth-order valence-electron chi connectivity index (χ4n) is 3.39. The molecule has 2 nitrogen and oxygen atoms in total. The topological polar surface area (TPSA) is 15.3 Å². The molecule has 0 aromatic heterocycles. The van der Waals surface area contributed by atoms with Crippen LogP contribution in [-0.4, -0.2) is 42.3 Å². The van der Waals surface area contributed by atoms with Crippen molar-refractivity contribution in [3.63, 3.8) is 0 Å². The lowest BCUT2D eigenvalue weighted by molar-refractivity contribution is -0.135. The van der Waals surface area contributed by atoms with Crippen molar-refractivity contribution >= 4 is 0 Å². The number of hydrogen-bond acceptors (Lipinski definition) is 2. The highest BCUT2D eigenvalue weighted by molar-refractivity contribution is 5.03. The van der Waals surface area contributed by atoms with Crippen molar-refractivity contribution in [2.45, 2.75) is 70.1 Å². The molecule has 5 heteroatoms. The van der Waals surface area contributed by atoms with E-state index < -0.39 is 12.6 Å². The van der Waals surface area contributed by atoms with Crippen LogP contribution in [0.15, 0.2) is 0 Å². The molecule has 0 amide bonds. The zero-order valence-corrected chi connectivity index (χ0v) is 12.6. The summed E-state index contributed by atoms with van der Waals surface area (Å²) in [6.07, 6.45) is -0.0932. The highest BCUT2D eigenvalue weighted by Gasteiger charge is 2.45. The van der Waals surface area contributed by atoms with Crippen LogP contribution in [-0.2, 0) is 0 Å². The third-order valence-electron chi connectivity index (χ3n) is 4.89. The molecule has 2 unspecified atom stereocenters. The van der Waals surface area contributed by atoms with Gasteiger partial charge in [-0.1, -0.05) is 6.92 Å². The zero-order valence-electron chi connectivity index (χ0n) is 12.6. The standard InChI is InChI=1S/C15H27F3N2/c1-3-13-10-19-14(2,12-6-7-12)11-20(13)9-5-4-8-15(16,17)18/h12-13,19H,3-11H2,1-2H3. The van der Waals surface area contributed by atoms with Crippen LogP contribution < -0.4 is 5.32 Å². The van der Waals surface area contributed by atoms with Crippen molar-refractivity contribution in [1.29, 1.82) is 0 Å². The lowest BCUT2D eigenvalue weighted by Crippen LogP contribution is -2.63. The summed E-state index contributed by atoms with van der Waals surface area (Å²) in [6, 6.07) is 0.479. The number of nitrogens with one attached hydrogen (secondary N) is 1. The molecule has 0 aromatic carbocycles. The first-order chi connectivity index (χ1) is 9.34. The maximum absolute atomic E-state index is 12.2. The first kappa shape index (κ1) is 16.1. The van der Waals surface area contributed by atoms with E-state index in [2.05, 4.69) is 24.1 Å². The molecular weight excluding hydrogens is 265 g/mol. The Hall–Kier alpha value is -0.290. The van der Waals surface area contributed by atoms with Gasteiger partial charge in [0.2, 0.25) is 0 Å². The summed E-state index contributed by atoms with van der Waals surface area (Å²) in [4.78, 5) is 2.42. The van der Waals surface area contributed by atoms with Gasteiger partial charge in [0.05, 0.1) is 0 Å². The summed E-state index contributed by atoms with van der Waals surface area (Å²) in [7, 11) is 0. The molecule has 1 saturated carbocycles. The Morgan fingerprint density at radius 3 is 2.50 bits per heavy atom. The summed E-state index contributed by atoms with van der Waals surface area (Å²) in [5, 5.41) is 3.68. The van der Waals surface area contributed by atoms with Gasteiger partial charge in [0.1, 0.15) is 0 Å². The maximum atomic E-state index is 12.2. The van der Waals surface area contributed by atoms with Crippen molar-refractivity contribution in [3.8, 4) is 0 Å². The lowest BCUT2D eigenvalue weighted by Gasteiger charge is -2.46. The molecule has 1 saturated heterocycles. The Balaban J connectivity index is 1.80. The average molecular weight is 292 g/mol. The quantitative estimate of drug-likeness (QED) is 0.753. The van der Waals surface area contributed by atoms with E-state index in [9.17, 15) is 13.2 Å². The molecule has 2 fully saturated rings. The molecule has 0 aromatic rings. The molecule has 1 N–H and O–H groups in total. The van der Waals surface area contributed by atoms with Crippen molar-refractivity contribution < 1.29 is 13.2 Å². The summed E-state index contributed by atoms with van der Waals surface area (Å²) in [5.74, 6) is 0.762. The van der Waals surface area contributed by atoms with Crippen molar-refractivity contribution in [2.24, 2.45) is 5.92 Å². The number of alkyl halides is 3. The van der Waals surface area contributed by atoms with Gasteiger partial charge in [0, 0.05) is 31.1 Å². The zero-order chi connectivity index (χ0) is 14.8. The number of rotatable bonds is 6. The Morgan fingerprint density at radius 2 is 1.95 bits per heavy atom. The predicted octanol–water partition coefficient (Wildman–Crippen LogP) is 3.57. The van der Waals surface area contributed by atoms with Gasteiger partial charge in [-0.3, -0.25) is 4.90 Å². The summed E-state index contributed by atoms with van der Waals surface area (Å²) < 4.78 is 36.5. The van der Waals surface area contributed by atoms with Gasteiger partial charge in [-0.2, -0.15) is 13.2 Å². The molecule has 2 aliphatic rings. The third kappa shape index (κ3) is 4.35. The number of piperazine rings is 1. The smallest absolute Gasteiger partial charge is 0.308 e. The van der Waals surface area contributed by atoms with E-state index >= 15 is 0 Å². The lowest BCUT2D eigenvalue weighted by atomic mass is 9.90. The fourth-order valence-corrected chi connectivity index (χ4v) is 3.39. The molecule has 1 aliphatic carbocycles. The average Bonchev–Trinajstić information content (AvgIpc) is 3.18. The third-order valence-corrected chi connectivity index (χ3v) is 4.89. The molecular formula is C15H27F3N2. The van der Waals surface area contributed by atoms with E-state index in [0.29, 0.717) is 12.5 Å². The van der Waals surface area contributed by atoms with Gasteiger partial charge in [0.15, 0.2) is 0 Å². The predicted molar refractivity (Wildman–Crippen MR) is 74.7 cm³/mol. The van der Waals surface area contributed by atoms with Crippen molar-refractivity contribution in [3.05, 3.63) is 0 Å². The van der Waals surface area contributed by atoms with Gasteiger partial charge < -0.3 is 5.32 Å². The Labute approximate surface area is 120 Å². The van der Waals surface area contributed by atoms with Crippen LogP contribution in [0.3, 0.4) is 0 Å². The van der Waals surface area contributed by atoms with Crippen LogP contribution in [0.25, 0.3) is 0 Å². The molecule has 2 atom stereocenters. The number of nitrogens with zero attached hydrogens (tertiary/aromatic N) is 1. The van der Waals surface area contributed by atoms with Crippen LogP contribution in [0.1, 0.15) is 52.4 Å². The van der Waals surface area contributed by atoms with Crippen molar-refractivity contribution in [2.75, 3.05) is 19.6 Å². The summed E-state index contributed by atoms with van der Waals surface area (Å²) in [5.41, 5.74) is 0.176. The molecule has 1 aliphatic heterocycles. The van der Waals surface area contributed by atoms with Crippen LogP contribution in [0.4, 0.5) is 13.2 Å². The second-order valence-corrected chi connectivity index (χ2v) is 6.68. The largest absolute Gasteiger partial charge is 0.389 e. The molecule has 0 bridgehead atoms. The Kier molecular flexibility index (Phi) is 5.00. The monoisotopic (exact) mass is 292 g/mol. The molecule has 1 heterocycles. The van der Waals surface area contributed by atoms with E-state index in [0.717, 1.165) is 32.0 Å². The normalized spacial score (nSPS) is 32.5. The van der Waals surface area contributed by atoms with Gasteiger partial charge in [-0.15, -0.1) is 0 Å². The first-order valence-electron chi connectivity index (χ1n) is 7.90. The van der Waals surface area contributed by atoms with Crippen LogP contribution >= 0.6 is 0 Å². The van der Waals surface area contributed by atoms with Crippen molar-refractivity contribution in [1.82, 2.24) is 10.2 Å². The minimum absolute atomic E-state index is 0.176. The highest BCUT2D eigenvalue weighted by atomic mass is 19.4. The molecule has 20 heavy (non-hydrogen) atoms. The summed E-state index contributed by atoms with van der Waals surface area (Å²) in [6.45, 7) is 7.21. The Bertz CT molecular complexity index is 315. The number of unbranched alkanes of at least 4 members (excludes halogenated alkanes) is 1. The molecule has 0 spiro atoms. The van der Waals surface area contributed by atoms with E-state index in [1.165, 1.54) is 12.8 Å². The minimum atomic E-state index is -4.00. The maximum Gasteiger partial charge on any atom is 0.389 e. The van der Waals surface area contributed by atoms with Crippen LogP contribution in [0.5, 0.6) is 0 Å². The van der Waals surface area contributed by atoms with Crippen LogP contribution in [0, 0.1) is 5.92 Å². The number of hydrogen-bond donors (Lipinski definition) is 1. The van der Waals surface area contributed by atoms with Gasteiger partial charge in [-0.25, -0.2) is 0 Å². The molecule has 2 rings (SSSR count). The Morgan fingerprint density at radius 1 is 1.25 bits per heavy atom. The minimum Gasteiger partial charge on any atom is -0.308 e. The second kappa shape index (κ2) is 6.22. The highest BCUT2D eigenvalue weighted by Crippen LogP contribution is 2.41. The van der Waals surface area contributed by atoms with E-state index in [-0.39, 0.29) is 12.0 Å².